The number of nitro benzene ring substituents is 1. The monoisotopic (exact) mass is 313 g/mol. The number of hydrogen-bond donors (Lipinski definition) is 1. The van der Waals surface area contributed by atoms with E-state index in [1.165, 1.54) is 23.9 Å². The van der Waals surface area contributed by atoms with Gasteiger partial charge in [0.1, 0.15) is 0 Å². The van der Waals surface area contributed by atoms with Gasteiger partial charge in [-0.1, -0.05) is 23.9 Å². The minimum absolute atomic E-state index is 0.0359. The van der Waals surface area contributed by atoms with E-state index in [2.05, 4.69) is 10.3 Å². The van der Waals surface area contributed by atoms with Gasteiger partial charge in [-0.15, -0.1) is 0 Å². The lowest BCUT2D eigenvalue weighted by atomic mass is 10.1. The van der Waals surface area contributed by atoms with Gasteiger partial charge in [0.05, 0.1) is 16.4 Å². The Morgan fingerprint density at radius 1 is 1.05 bits per heavy atom. The first-order chi connectivity index (χ1) is 10.6. The maximum Gasteiger partial charge on any atom is 0.269 e. The number of carbonyl (C=O) groups excluding carboxylic acids is 1. The van der Waals surface area contributed by atoms with Crippen molar-refractivity contribution in [3.63, 3.8) is 0 Å². The van der Waals surface area contributed by atoms with Crippen LogP contribution in [-0.4, -0.2) is 21.8 Å². The molecule has 7 heteroatoms. The lowest BCUT2D eigenvalue weighted by Crippen LogP contribution is -2.19. The highest BCUT2D eigenvalue weighted by molar-refractivity contribution is 8.15. The fourth-order valence-corrected chi connectivity index (χ4v) is 2.70. The van der Waals surface area contributed by atoms with Gasteiger partial charge < -0.3 is 5.32 Å². The van der Waals surface area contributed by atoms with Crippen molar-refractivity contribution in [1.82, 2.24) is 5.32 Å². The highest BCUT2D eigenvalue weighted by atomic mass is 32.2. The topological polar surface area (TPSA) is 84.6 Å². The van der Waals surface area contributed by atoms with Gasteiger partial charge in [-0.05, 0) is 35.4 Å². The number of amidine groups is 1. The summed E-state index contributed by atoms with van der Waals surface area (Å²) in [5.41, 5.74) is 2.66. The highest BCUT2D eigenvalue weighted by Crippen LogP contribution is 2.25. The Balaban J connectivity index is 1.79. The fourth-order valence-electron chi connectivity index (χ4n) is 2.01. The van der Waals surface area contributed by atoms with Crippen LogP contribution in [-0.2, 0) is 4.79 Å². The fraction of sp³-hybridized carbons (Fsp3) is 0.0667. The molecule has 0 spiro atoms. The number of nitrogens with zero attached hydrogens (tertiary/aromatic N) is 2. The molecule has 110 valence electrons. The van der Waals surface area contributed by atoms with Crippen molar-refractivity contribution in [3.05, 3.63) is 58.6 Å². The van der Waals surface area contributed by atoms with E-state index in [1.807, 2.05) is 24.3 Å². The molecule has 1 aliphatic rings. The molecule has 0 radical (unpaired) electrons. The minimum atomic E-state index is -0.420. The molecule has 0 atom stereocenters. The van der Waals surface area contributed by atoms with Crippen molar-refractivity contribution in [2.75, 3.05) is 5.75 Å². The molecule has 2 aromatic carbocycles. The van der Waals surface area contributed by atoms with Crippen LogP contribution in [0.25, 0.3) is 11.1 Å². The Kier molecular flexibility index (Phi) is 3.88. The van der Waals surface area contributed by atoms with Crippen LogP contribution in [0.5, 0.6) is 0 Å². The number of hydrogen-bond acceptors (Lipinski definition) is 5. The van der Waals surface area contributed by atoms with Gasteiger partial charge in [0.25, 0.3) is 5.69 Å². The predicted molar refractivity (Wildman–Crippen MR) is 86.2 cm³/mol. The Morgan fingerprint density at radius 3 is 2.14 bits per heavy atom. The Morgan fingerprint density at radius 2 is 1.64 bits per heavy atom. The van der Waals surface area contributed by atoms with E-state index in [0.29, 0.717) is 10.9 Å². The lowest BCUT2D eigenvalue weighted by Gasteiger charge is -2.02. The number of amides is 1. The number of aliphatic imine (C=N–C) groups is 1. The number of rotatable bonds is 3. The molecule has 0 bridgehead atoms. The third-order valence-corrected chi connectivity index (χ3v) is 3.97. The van der Waals surface area contributed by atoms with Gasteiger partial charge in [0.2, 0.25) is 5.91 Å². The number of benzene rings is 2. The third kappa shape index (κ3) is 3.15. The van der Waals surface area contributed by atoms with Crippen molar-refractivity contribution >= 4 is 34.2 Å². The van der Waals surface area contributed by atoms with Crippen LogP contribution in [0.3, 0.4) is 0 Å². The second-order valence-corrected chi connectivity index (χ2v) is 5.57. The standard InChI is InChI=1S/C15H11N3O3S/c19-14-9-22-15(17-14)16-12-5-1-10(2-6-12)11-3-7-13(8-4-11)18(20)21/h1-8H,9H2,(H,16,17,19). The molecule has 1 fully saturated rings. The van der Waals surface area contributed by atoms with Crippen LogP contribution < -0.4 is 5.32 Å². The summed E-state index contributed by atoms with van der Waals surface area (Å²) in [6.45, 7) is 0. The maximum atomic E-state index is 11.1. The molecule has 1 heterocycles. The van der Waals surface area contributed by atoms with E-state index in [0.717, 1.165) is 16.8 Å². The van der Waals surface area contributed by atoms with Crippen molar-refractivity contribution in [2.24, 2.45) is 4.99 Å². The molecular weight excluding hydrogens is 302 g/mol. The second-order valence-electron chi connectivity index (χ2n) is 4.60. The first-order valence-electron chi connectivity index (χ1n) is 6.48. The maximum absolute atomic E-state index is 11.1. The molecular formula is C15H11N3O3S. The zero-order chi connectivity index (χ0) is 15.5. The second kappa shape index (κ2) is 5.98. The van der Waals surface area contributed by atoms with Crippen molar-refractivity contribution in [2.45, 2.75) is 0 Å². The Labute approximate surface area is 130 Å². The van der Waals surface area contributed by atoms with Crippen LogP contribution in [0.4, 0.5) is 11.4 Å². The van der Waals surface area contributed by atoms with Gasteiger partial charge in [-0.3, -0.25) is 14.9 Å². The summed E-state index contributed by atoms with van der Waals surface area (Å²) >= 11 is 1.38. The summed E-state index contributed by atoms with van der Waals surface area (Å²) in [6, 6.07) is 13.9. The summed E-state index contributed by atoms with van der Waals surface area (Å²) in [4.78, 5) is 25.7. The zero-order valence-electron chi connectivity index (χ0n) is 11.4. The van der Waals surface area contributed by atoms with Gasteiger partial charge in [-0.2, -0.15) is 0 Å². The number of thioether (sulfide) groups is 1. The van der Waals surface area contributed by atoms with E-state index in [4.69, 9.17) is 0 Å². The Bertz CT molecular complexity index is 755. The van der Waals surface area contributed by atoms with Crippen LogP contribution in [0, 0.1) is 10.1 Å². The first kappa shape index (κ1) is 14.3. The molecule has 1 saturated heterocycles. The summed E-state index contributed by atoms with van der Waals surface area (Å²) in [7, 11) is 0. The SMILES string of the molecule is O=C1CSC(=Nc2ccc(-c3ccc([N+](=O)[O-])cc3)cc2)N1. The molecule has 2 aromatic rings. The summed E-state index contributed by atoms with van der Waals surface area (Å²) in [6.07, 6.45) is 0. The van der Waals surface area contributed by atoms with Gasteiger partial charge in [-0.25, -0.2) is 4.99 Å². The average Bonchev–Trinajstić information content (AvgIpc) is 2.93. The lowest BCUT2D eigenvalue weighted by molar-refractivity contribution is -0.384. The number of nitrogens with one attached hydrogen (secondary N) is 1. The van der Waals surface area contributed by atoms with E-state index < -0.39 is 4.92 Å². The van der Waals surface area contributed by atoms with E-state index in [-0.39, 0.29) is 11.6 Å². The average molecular weight is 313 g/mol. The summed E-state index contributed by atoms with van der Waals surface area (Å²) in [5.74, 6) is 0.367. The van der Waals surface area contributed by atoms with Crippen molar-refractivity contribution in [1.29, 1.82) is 0 Å². The quantitative estimate of drug-likeness (QED) is 0.697. The van der Waals surface area contributed by atoms with Crippen molar-refractivity contribution < 1.29 is 9.72 Å². The predicted octanol–water partition coefficient (Wildman–Crippen LogP) is 3.11. The molecule has 3 rings (SSSR count). The molecule has 0 unspecified atom stereocenters. The Hall–Kier alpha value is -2.67. The molecule has 22 heavy (non-hydrogen) atoms. The zero-order valence-corrected chi connectivity index (χ0v) is 12.2. The van der Waals surface area contributed by atoms with Crippen LogP contribution in [0.15, 0.2) is 53.5 Å². The first-order valence-corrected chi connectivity index (χ1v) is 7.46. The van der Waals surface area contributed by atoms with Crippen molar-refractivity contribution in [3.8, 4) is 11.1 Å². The largest absolute Gasteiger partial charge is 0.304 e. The molecule has 0 saturated carbocycles. The number of nitro groups is 1. The number of carbonyl (C=O) groups is 1. The van der Waals surface area contributed by atoms with Gasteiger partial charge in [0, 0.05) is 12.1 Å². The van der Waals surface area contributed by atoms with Gasteiger partial charge >= 0.3 is 0 Å². The minimum Gasteiger partial charge on any atom is -0.304 e. The van der Waals surface area contributed by atoms with Crippen LogP contribution >= 0.6 is 11.8 Å². The summed E-state index contributed by atoms with van der Waals surface area (Å²) in [5, 5.41) is 13.9. The highest BCUT2D eigenvalue weighted by Gasteiger charge is 2.16. The molecule has 1 N–H and O–H groups in total. The van der Waals surface area contributed by atoms with Gasteiger partial charge in [0.15, 0.2) is 5.17 Å². The van der Waals surface area contributed by atoms with E-state index >= 15 is 0 Å². The number of non-ortho nitro benzene ring substituents is 1. The smallest absolute Gasteiger partial charge is 0.269 e. The van der Waals surface area contributed by atoms with Crippen LogP contribution in [0.1, 0.15) is 0 Å². The molecule has 6 nitrogen and oxygen atoms in total. The van der Waals surface area contributed by atoms with E-state index in [9.17, 15) is 14.9 Å². The molecule has 1 aliphatic heterocycles. The summed E-state index contributed by atoms with van der Waals surface area (Å²) < 4.78 is 0. The molecule has 1 amide bonds. The molecule has 0 aromatic heterocycles. The third-order valence-electron chi connectivity index (χ3n) is 3.10. The van der Waals surface area contributed by atoms with E-state index in [1.54, 1.807) is 12.1 Å². The normalized spacial score (nSPS) is 15.8. The van der Waals surface area contributed by atoms with Crippen LogP contribution in [0.2, 0.25) is 0 Å². The molecule has 0 aliphatic carbocycles.